The van der Waals surface area contributed by atoms with E-state index in [9.17, 15) is 0 Å². The van der Waals surface area contributed by atoms with Crippen molar-refractivity contribution in [2.24, 2.45) is 0 Å². The minimum absolute atomic E-state index is 1.23. The van der Waals surface area contributed by atoms with Gasteiger partial charge in [-0.2, -0.15) is 0 Å². The van der Waals surface area contributed by atoms with Crippen LogP contribution in [0.1, 0.15) is 0 Å². The van der Waals surface area contributed by atoms with Crippen LogP contribution in [0.5, 0.6) is 0 Å². The molecule has 10 aromatic carbocycles. The fraction of sp³-hybridized carbons (Fsp3) is 0. The molecule has 0 heteroatoms. The second-order valence-electron chi connectivity index (χ2n) is 13.3. The van der Waals surface area contributed by atoms with Crippen molar-refractivity contribution in [1.29, 1.82) is 0 Å². The monoisotopic (exact) mass is 632 g/mol. The van der Waals surface area contributed by atoms with Crippen LogP contribution >= 0.6 is 0 Å². The molecule has 0 amide bonds. The van der Waals surface area contributed by atoms with E-state index in [2.05, 4.69) is 194 Å². The van der Waals surface area contributed by atoms with E-state index in [1.807, 2.05) is 0 Å². The highest BCUT2D eigenvalue weighted by Gasteiger charge is 2.12. The molecule has 0 heterocycles. The molecule has 0 aliphatic rings. The van der Waals surface area contributed by atoms with E-state index in [1.54, 1.807) is 0 Å². The molecule has 0 unspecified atom stereocenters. The highest BCUT2D eigenvalue weighted by molar-refractivity contribution is 6.11. The van der Waals surface area contributed by atoms with Crippen LogP contribution in [0.4, 0.5) is 0 Å². The van der Waals surface area contributed by atoms with Gasteiger partial charge >= 0.3 is 0 Å². The van der Waals surface area contributed by atoms with Gasteiger partial charge in [0.1, 0.15) is 0 Å². The van der Waals surface area contributed by atoms with Crippen molar-refractivity contribution >= 4 is 53.9 Å². The second-order valence-corrected chi connectivity index (χ2v) is 13.3. The van der Waals surface area contributed by atoms with Gasteiger partial charge in [-0.1, -0.05) is 170 Å². The van der Waals surface area contributed by atoms with Crippen molar-refractivity contribution in [3.05, 3.63) is 194 Å². The summed E-state index contributed by atoms with van der Waals surface area (Å²) in [5.74, 6) is 0. The first-order valence-electron chi connectivity index (χ1n) is 17.3. The van der Waals surface area contributed by atoms with E-state index in [1.165, 1.54) is 98.4 Å². The molecule has 0 saturated heterocycles. The summed E-state index contributed by atoms with van der Waals surface area (Å²) in [5, 5.41) is 12.7. The molecule has 0 atom stereocenters. The Bertz CT molecular complexity index is 2910. The summed E-state index contributed by atoms with van der Waals surface area (Å²) in [4.78, 5) is 0. The minimum atomic E-state index is 1.23. The zero-order chi connectivity index (χ0) is 33.0. The highest BCUT2D eigenvalue weighted by Crippen LogP contribution is 2.39. The number of rotatable bonds is 4. The van der Waals surface area contributed by atoms with E-state index in [4.69, 9.17) is 0 Å². The Labute approximate surface area is 291 Å². The Balaban J connectivity index is 0.998. The first-order chi connectivity index (χ1) is 24.7. The standard InChI is InChI=1S/C50H32/c1-3-9-37-29-39(19-15-33(37)7-1)35-13-17-36(18-14-35)45-27-28-48(50-12-6-5-11-49(45)50)44-24-26-47-43(32-44)22-21-42-31-41(23-25-46(42)47)40-20-16-34-8-2-4-10-38(34)30-40/h1-32H. The summed E-state index contributed by atoms with van der Waals surface area (Å²) in [5.41, 5.74) is 9.93. The predicted octanol–water partition coefficient (Wildman–Crippen LogP) is 14.1. The molecular formula is C50H32. The van der Waals surface area contributed by atoms with Crippen LogP contribution in [0.15, 0.2) is 194 Å². The number of benzene rings is 10. The van der Waals surface area contributed by atoms with Crippen molar-refractivity contribution in [2.75, 3.05) is 0 Å². The summed E-state index contributed by atoms with van der Waals surface area (Å²) >= 11 is 0. The van der Waals surface area contributed by atoms with Crippen LogP contribution in [0.3, 0.4) is 0 Å². The zero-order valence-corrected chi connectivity index (χ0v) is 27.5. The van der Waals surface area contributed by atoms with Crippen LogP contribution in [0.2, 0.25) is 0 Å². The summed E-state index contributed by atoms with van der Waals surface area (Å²) in [6, 6.07) is 71.4. The van der Waals surface area contributed by atoms with Crippen LogP contribution in [-0.2, 0) is 0 Å². The molecular weight excluding hydrogens is 601 g/mol. The largest absolute Gasteiger partial charge is 0.0616 e. The molecule has 10 rings (SSSR count). The first kappa shape index (κ1) is 28.5. The third-order valence-corrected chi connectivity index (χ3v) is 10.4. The van der Waals surface area contributed by atoms with Gasteiger partial charge in [0.15, 0.2) is 0 Å². The molecule has 0 spiro atoms. The van der Waals surface area contributed by atoms with Gasteiger partial charge in [-0.3, -0.25) is 0 Å². The van der Waals surface area contributed by atoms with Gasteiger partial charge in [0.2, 0.25) is 0 Å². The third-order valence-electron chi connectivity index (χ3n) is 10.4. The average Bonchev–Trinajstić information content (AvgIpc) is 3.19. The smallest absolute Gasteiger partial charge is 0.00992 e. The molecule has 10 aromatic rings. The van der Waals surface area contributed by atoms with Crippen molar-refractivity contribution in [3.63, 3.8) is 0 Å². The Morgan fingerprint density at radius 1 is 0.180 bits per heavy atom. The molecule has 0 aliphatic heterocycles. The minimum Gasteiger partial charge on any atom is -0.0616 e. The van der Waals surface area contributed by atoms with Crippen molar-refractivity contribution in [1.82, 2.24) is 0 Å². The maximum atomic E-state index is 2.35. The number of fused-ring (bicyclic) bond motifs is 6. The van der Waals surface area contributed by atoms with E-state index >= 15 is 0 Å². The molecule has 50 heavy (non-hydrogen) atoms. The zero-order valence-electron chi connectivity index (χ0n) is 27.5. The van der Waals surface area contributed by atoms with Crippen LogP contribution in [0, 0.1) is 0 Å². The van der Waals surface area contributed by atoms with E-state index in [0.29, 0.717) is 0 Å². The highest BCUT2D eigenvalue weighted by atomic mass is 14.2. The van der Waals surface area contributed by atoms with Gasteiger partial charge in [-0.25, -0.2) is 0 Å². The lowest BCUT2D eigenvalue weighted by atomic mass is 9.90. The maximum absolute atomic E-state index is 2.35. The van der Waals surface area contributed by atoms with Gasteiger partial charge in [0.05, 0.1) is 0 Å². The molecule has 0 saturated carbocycles. The lowest BCUT2D eigenvalue weighted by Crippen LogP contribution is -1.87. The molecule has 0 nitrogen and oxygen atoms in total. The number of hydrogen-bond acceptors (Lipinski definition) is 0. The fourth-order valence-corrected chi connectivity index (χ4v) is 7.80. The van der Waals surface area contributed by atoms with Gasteiger partial charge in [-0.05, 0) is 123 Å². The molecule has 0 fully saturated rings. The fourth-order valence-electron chi connectivity index (χ4n) is 7.80. The normalized spacial score (nSPS) is 11.6. The average molecular weight is 633 g/mol. The molecule has 0 aliphatic carbocycles. The van der Waals surface area contributed by atoms with Crippen LogP contribution in [-0.4, -0.2) is 0 Å². The topological polar surface area (TPSA) is 0 Å². The third kappa shape index (κ3) is 4.85. The quantitative estimate of drug-likeness (QED) is 0.169. The summed E-state index contributed by atoms with van der Waals surface area (Å²) in [7, 11) is 0. The SMILES string of the molecule is c1ccc2cc(-c3ccc(-c4ccc(-c5ccc6c(ccc7cc(-c8ccc9ccccc9c8)ccc76)c5)c5ccccc45)cc3)ccc2c1. The van der Waals surface area contributed by atoms with Gasteiger partial charge in [0.25, 0.3) is 0 Å². The Hall–Kier alpha value is -6.50. The molecule has 0 aromatic heterocycles. The van der Waals surface area contributed by atoms with Gasteiger partial charge in [-0.15, -0.1) is 0 Å². The summed E-state index contributed by atoms with van der Waals surface area (Å²) in [6.45, 7) is 0. The summed E-state index contributed by atoms with van der Waals surface area (Å²) in [6.07, 6.45) is 0. The van der Waals surface area contributed by atoms with Crippen molar-refractivity contribution in [2.45, 2.75) is 0 Å². The van der Waals surface area contributed by atoms with Gasteiger partial charge in [0, 0.05) is 0 Å². The van der Waals surface area contributed by atoms with E-state index in [-0.39, 0.29) is 0 Å². The predicted molar refractivity (Wildman–Crippen MR) is 216 cm³/mol. The lowest BCUT2D eigenvalue weighted by Gasteiger charge is -2.14. The Morgan fingerprint density at radius 2 is 0.540 bits per heavy atom. The van der Waals surface area contributed by atoms with Crippen LogP contribution in [0.25, 0.3) is 98.4 Å². The molecule has 0 N–H and O–H groups in total. The Morgan fingerprint density at radius 3 is 1.12 bits per heavy atom. The van der Waals surface area contributed by atoms with Crippen LogP contribution < -0.4 is 0 Å². The Kier molecular flexibility index (Phi) is 6.60. The van der Waals surface area contributed by atoms with E-state index in [0.717, 1.165) is 0 Å². The second kappa shape index (κ2) is 11.6. The molecule has 0 bridgehead atoms. The van der Waals surface area contributed by atoms with E-state index < -0.39 is 0 Å². The van der Waals surface area contributed by atoms with Gasteiger partial charge < -0.3 is 0 Å². The molecule has 232 valence electrons. The maximum Gasteiger partial charge on any atom is -0.00992 e. The lowest BCUT2D eigenvalue weighted by molar-refractivity contribution is 1.61. The summed E-state index contributed by atoms with van der Waals surface area (Å²) < 4.78 is 0. The van der Waals surface area contributed by atoms with Crippen molar-refractivity contribution < 1.29 is 0 Å². The van der Waals surface area contributed by atoms with Crippen molar-refractivity contribution in [3.8, 4) is 44.5 Å². The number of hydrogen-bond donors (Lipinski definition) is 0. The first-order valence-corrected chi connectivity index (χ1v) is 17.3. The molecule has 0 radical (unpaired) electrons.